The molecule has 0 aromatic carbocycles. The molecule has 0 aliphatic carbocycles. The van der Waals surface area contributed by atoms with E-state index in [0.717, 1.165) is 30.2 Å². The van der Waals surface area contributed by atoms with Crippen LogP contribution in [0.1, 0.15) is 45.2 Å². The molecule has 0 atom stereocenters. The Morgan fingerprint density at radius 2 is 2.00 bits per heavy atom. The highest BCUT2D eigenvalue weighted by Crippen LogP contribution is 2.12. The summed E-state index contributed by atoms with van der Waals surface area (Å²) in [7, 11) is 0. The van der Waals surface area contributed by atoms with Gasteiger partial charge in [-0.25, -0.2) is 4.98 Å². The third-order valence-corrected chi connectivity index (χ3v) is 3.48. The van der Waals surface area contributed by atoms with E-state index in [9.17, 15) is 0 Å². The van der Waals surface area contributed by atoms with E-state index in [-0.39, 0.29) is 0 Å². The normalized spacial score (nSPS) is 10.5. The second-order valence-electron chi connectivity index (χ2n) is 4.08. The van der Waals surface area contributed by atoms with Crippen LogP contribution in [-0.2, 0) is 5.75 Å². The van der Waals surface area contributed by atoms with Crippen LogP contribution in [0.3, 0.4) is 0 Å². The van der Waals surface area contributed by atoms with Crippen LogP contribution in [-0.4, -0.2) is 22.3 Å². The fourth-order valence-corrected chi connectivity index (χ4v) is 2.32. The molecule has 1 rings (SSSR count). The van der Waals surface area contributed by atoms with E-state index < -0.39 is 0 Å². The van der Waals surface area contributed by atoms with Gasteiger partial charge in [0.2, 0.25) is 0 Å². The van der Waals surface area contributed by atoms with Crippen LogP contribution < -0.4 is 5.32 Å². The van der Waals surface area contributed by atoms with Crippen molar-refractivity contribution in [1.82, 2.24) is 9.97 Å². The van der Waals surface area contributed by atoms with E-state index in [0.29, 0.717) is 0 Å². The van der Waals surface area contributed by atoms with E-state index in [4.69, 9.17) is 0 Å². The molecule has 0 amide bonds. The van der Waals surface area contributed by atoms with Gasteiger partial charge in [-0.05, 0) is 18.6 Å². The first-order chi connectivity index (χ1) is 8.36. The summed E-state index contributed by atoms with van der Waals surface area (Å²) in [5.41, 5.74) is 1.08. The number of anilines is 1. The van der Waals surface area contributed by atoms with Crippen molar-refractivity contribution in [2.24, 2.45) is 0 Å². The van der Waals surface area contributed by atoms with Crippen molar-refractivity contribution in [3.63, 3.8) is 0 Å². The second-order valence-corrected chi connectivity index (χ2v) is 5.18. The maximum absolute atomic E-state index is 4.40. The highest BCUT2D eigenvalue weighted by molar-refractivity contribution is 7.98. The average Bonchev–Trinajstić information content (AvgIpc) is 2.37. The molecule has 3 nitrogen and oxygen atoms in total. The molecule has 1 aromatic heterocycles. The number of hydrogen-bond donors (Lipinski definition) is 1. The van der Waals surface area contributed by atoms with Crippen LogP contribution in [0.4, 0.5) is 5.82 Å². The molecular weight excluding hydrogens is 230 g/mol. The highest BCUT2D eigenvalue weighted by atomic mass is 32.2. The summed E-state index contributed by atoms with van der Waals surface area (Å²) >= 11 is 1.95. The molecule has 0 saturated carbocycles. The Balaban J connectivity index is 2.20. The molecule has 1 aromatic rings. The van der Waals surface area contributed by atoms with Gasteiger partial charge in [0, 0.05) is 12.3 Å². The standard InChI is InChI=1S/C13H23N3S/c1-3-5-6-8-17-11-12-9-16-13(10-15-12)14-7-4-2/h9-10H,3-8,11H2,1-2H3,(H,14,16). The minimum Gasteiger partial charge on any atom is -0.369 e. The smallest absolute Gasteiger partial charge is 0.144 e. The van der Waals surface area contributed by atoms with Gasteiger partial charge < -0.3 is 5.32 Å². The van der Waals surface area contributed by atoms with Crippen molar-refractivity contribution in [3.05, 3.63) is 18.1 Å². The molecule has 0 bridgehead atoms. The van der Waals surface area contributed by atoms with E-state index in [2.05, 4.69) is 29.1 Å². The Morgan fingerprint density at radius 1 is 1.12 bits per heavy atom. The van der Waals surface area contributed by atoms with Crippen molar-refractivity contribution in [3.8, 4) is 0 Å². The maximum Gasteiger partial charge on any atom is 0.144 e. The lowest BCUT2D eigenvalue weighted by Crippen LogP contribution is -2.02. The van der Waals surface area contributed by atoms with Gasteiger partial charge in [-0.15, -0.1) is 0 Å². The number of thioether (sulfide) groups is 1. The molecule has 1 heterocycles. The molecule has 1 N–H and O–H groups in total. The summed E-state index contributed by atoms with van der Waals surface area (Å²) in [6.07, 6.45) is 8.75. The Bertz CT molecular complexity index is 287. The summed E-state index contributed by atoms with van der Waals surface area (Å²) in [5.74, 6) is 3.09. The molecule has 0 aliphatic rings. The summed E-state index contributed by atoms with van der Waals surface area (Å²) in [6, 6.07) is 0. The number of aromatic nitrogens is 2. The SMILES string of the molecule is CCCCCSCc1cnc(NCCC)cn1. The molecule has 0 radical (unpaired) electrons. The van der Waals surface area contributed by atoms with Crippen LogP contribution in [0, 0.1) is 0 Å². The van der Waals surface area contributed by atoms with Gasteiger partial charge in [-0.3, -0.25) is 4.98 Å². The van der Waals surface area contributed by atoms with Gasteiger partial charge in [0.25, 0.3) is 0 Å². The summed E-state index contributed by atoms with van der Waals surface area (Å²) < 4.78 is 0. The Hall–Kier alpha value is -0.770. The number of nitrogens with one attached hydrogen (secondary N) is 1. The monoisotopic (exact) mass is 253 g/mol. The van der Waals surface area contributed by atoms with Crippen LogP contribution in [0.15, 0.2) is 12.4 Å². The molecular formula is C13H23N3S. The largest absolute Gasteiger partial charge is 0.369 e. The molecule has 17 heavy (non-hydrogen) atoms. The molecule has 96 valence electrons. The zero-order chi connectivity index (χ0) is 12.3. The van der Waals surface area contributed by atoms with E-state index in [1.54, 1.807) is 0 Å². The van der Waals surface area contributed by atoms with Crippen LogP contribution in [0.25, 0.3) is 0 Å². The zero-order valence-electron chi connectivity index (χ0n) is 10.9. The maximum atomic E-state index is 4.40. The lowest BCUT2D eigenvalue weighted by Gasteiger charge is -2.04. The quantitative estimate of drug-likeness (QED) is 0.681. The summed E-state index contributed by atoms with van der Waals surface area (Å²) in [4.78, 5) is 8.75. The molecule has 0 spiro atoms. The summed E-state index contributed by atoms with van der Waals surface area (Å²) in [6.45, 7) is 5.33. The molecule has 4 heteroatoms. The first-order valence-corrected chi connectivity index (χ1v) is 7.64. The number of unbranched alkanes of at least 4 members (excludes halogenated alkanes) is 2. The lowest BCUT2D eigenvalue weighted by atomic mass is 10.3. The third-order valence-electron chi connectivity index (χ3n) is 2.40. The number of hydrogen-bond acceptors (Lipinski definition) is 4. The zero-order valence-corrected chi connectivity index (χ0v) is 11.7. The fraction of sp³-hybridized carbons (Fsp3) is 0.692. The third kappa shape index (κ3) is 6.51. The first-order valence-electron chi connectivity index (χ1n) is 6.49. The van der Waals surface area contributed by atoms with Crippen molar-refractivity contribution < 1.29 is 0 Å². The Kier molecular flexibility index (Phi) is 7.80. The molecule has 0 aliphatic heterocycles. The number of rotatable bonds is 9. The van der Waals surface area contributed by atoms with Gasteiger partial charge in [0.05, 0.1) is 18.1 Å². The van der Waals surface area contributed by atoms with Crippen LogP contribution in [0.5, 0.6) is 0 Å². The van der Waals surface area contributed by atoms with Gasteiger partial charge >= 0.3 is 0 Å². The lowest BCUT2D eigenvalue weighted by molar-refractivity contribution is 0.778. The van der Waals surface area contributed by atoms with Gasteiger partial charge in [-0.2, -0.15) is 11.8 Å². The second kappa shape index (κ2) is 9.28. The predicted octanol–water partition coefficient (Wildman–Crippen LogP) is 3.72. The Labute approximate surface area is 109 Å². The van der Waals surface area contributed by atoms with E-state index in [1.807, 2.05) is 24.2 Å². The van der Waals surface area contributed by atoms with E-state index in [1.165, 1.54) is 25.0 Å². The summed E-state index contributed by atoms with van der Waals surface area (Å²) in [5, 5.41) is 3.23. The topological polar surface area (TPSA) is 37.8 Å². The van der Waals surface area contributed by atoms with Gasteiger partial charge in [0.15, 0.2) is 0 Å². The molecule has 0 fully saturated rings. The minimum atomic E-state index is 0.881. The van der Waals surface area contributed by atoms with Gasteiger partial charge in [0.1, 0.15) is 5.82 Å². The molecule has 0 unspecified atom stereocenters. The van der Waals surface area contributed by atoms with Crippen molar-refractivity contribution in [2.75, 3.05) is 17.6 Å². The average molecular weight is 253 g/mol. The predicted molar refractivity (Wildman–Crippen MR) is 76.5 cm³/mol. The Morgan fingerprint density at radius 3 is 2.65 bits per heavy atom. The highest BCUT2D eigenvalue weighted by Gasteiger charge is 1.97. The minimum absolute atomic E-state index is 0.881. The number of nitrogens with zero attached hydrogens (tertiary/aromatic N) is 2. The van der Waals surface area contributed by atoms with Gasteiger partial charge in [-0.1, -0.05) is 26.7 Å². The van der Waals surface area contributed by atoms with Crippen LogP contribution in [0.2, 0.25) is 0 Å². The molecule has 0 saturated heterocycles. The van der Waals surface area contributed by atoms with Crippen molar-refractivity contribution >= 4 is 17.6 Å². The van der Waals surface area contributed by atoms with E-state index >= 15 is 0 Å². The fourth-order valence-electron chi connectivity index (χ4n) is 1.40. The first kappa shape index (κ1) is 14.3. The van der Waals surface area contributed by atoms with Crippen molar-refractivity contribution in [1.29, 1.82) is 0 Å². The van der Waals surface area contributed by atoms with Crippen LogP contribution >= 0.6 is 11.8 Å². The van der Waals surface area contributed by atoms with Crippen molar-refractivity contribution in [2.45, 2.75) is 45.3 Å².